The molecule has 0 spiro atoms. The number of nitrogens with zero attached hydrogens (tertiary/aromatic N) is 1. The molecule has 3 N–H and O–H groups in total. The second-order valence-corrected chi connectivity index (χ2v) is 4.52. The van der Waals surface area contributed by atoms with Crippen LogP contribution >= 0.6 is 0 Å². The number of furan rings is 1. The van der Waals surface area contributed by atoms with Gasteiger partial charge in [-0.2, -0.15) is 5.26 Å². The van der Waals surface area contributed by atoms with Crippen molar-refractivity contribution >= 4 is 18.0 Å². The highest BCUT2D eigenvalue weighted by Gasteiger charge is 2.14. The molecule has 1 amide bonds. The number of carboxylic acid groups (broad SMARTS) is 1. The lowest BCUT2D eigenvalue weighted by Gasteiger charge is -2.05. The lowest BCUT2D eigenvalue weighted by Crippen LogP contribution is -2.12. The van der Waals surface area contributed by atoms with Crippen LogP contribution in [0.15, 0.2) is 40.3 Å². The maximum absolute atomic E-state index is 11.1. The van der Waals surface area contributed by atoms with E-state index >= 15 is 0 Å². The molecular formula is C16H12N2O4. The summed E-state index contributed by atoms with van der Waals surface area (Å²) in [7, 11) is 0. The number of amides is 1. The van der Waals surface area contributed by atoms with E-state index in [0.717, 1.165) is 0 Å². The highest BCUT2D eigenvalue weighted by atomic mass is 16.4. The SMILES string of the molecule is Cc1c(C(=O)O)cccc1-c1ccc(C=C(C#N)C(N)=O)o1. The fourth-order valence-electron chi connectivity index (χ4n) is 2.01. The Morgan fingerprint density at radius 3 is 2.64 bits per heavy atom. The monoisotopic (exact) mass is 296 g/mol. The Kier molecular flexibility index (Phi) is 4.09. The molecule has 0 unspecified atom stereocenters. The number of hydrogen-bond acceptors (Lipinski definition) is 4. The molecule has 0 saturated carbocycles. The van der Waals surface area contributed by atoms with E-state index < -0.39 is 11.9 Å². The minimum Gasteiger partial charge on any atom is -0.478 e. The zero-order valence-corrected chi connectivity index (χ0v) is 11.7. The van der Waals surface area contributed by atoms with Crippen LogP contribution in [0.25, 0.3) is 17.4 Å². The van der Waals surface area contributed by atoms with Crippen molar-refractivity contribution < 1.29 is 19.1 Å². The molecule has 22 heavy (non-hydrogen) atoms. The number of primary amides is 1. The molecule has 0 fully saturated rings. The number of carbonyl (C=O) groups is 2. The normalized spacial score (nSPS) is 11.0. The van der Waals surface area contributed by atoms with Crippen molar-refractivity contribution in [3.05, 3.63) is 52.8 Å². The smallest absolute Gasteiger partial charge is 0.335 e. The van der Waals surface area contributed by atoms with Crippen LogP contribution in [-0.2, 0) is 4.79 Å². The van der Waals surface area contributed by atoms with Crippen LogP contribution in [0.1, 0.15) is 21.7 Å². The van der Waals surface area contributed by atoms with E-state index in [1.54, 1.807) is 37.3 Å². The molecule has 0 radical (unpaired) electrons. The number of aromatic carboxylic acids is 1. The summed E-state index contributed by atoms with van der Waals surface area (Å²) < 4.78 is 5.54. The fraction of sp³-hybridized carbons (Fsp3) is 0.0625. The van der Waals surface area contributed by atoms with Crippen molar-refractivity contribution in [3.63, 3.8) is 0 Å². The molecule has 1 heterocycles. The summed E-state index contributed by atoms with van der Waals surface area (Å²) in [6.07, 6.45) is 1.24. The highest BCUT2D eigenvalue weighted by Crippen LogP contribution is 2.28. The Labute approximate surface area is 126 Å². The molecule has 110 valence electrons. The van der Waals surface area contributed by atoms with Crippen LogP contribution in [0, 0.1) is 18.3 Å². The predicted molar refractivity (Wildman–Crippen MR) is 78.6 cm³/mol. The molecule has 0 atom stereocenters. The van der Waals surface area contributed by atoms with Crippen LogP contribution < -0.4 is 5.73 Å². The van der Waals surface area contributed by atoms with E-state index in [1.807, 2.05) is 0 Å². The molecule has 1 aromatic carbocycles. The maximum atomic E-state index is 11.1. The van der Waals surface area contributed by atoms with Crippen LogP contribution in [-0.4, -0.2) is 17.0 Å². The van der Waals surface area contributed by atoms with Crippen molar-refractivity contribution in [2.45, 2.75) is 6.92 Å². The van der Waals surface area contributed by atoms with Crippen LogP contribution in [0.2, 0.25) is 0 Å². The van der Waals surface area contributed by atoms with Gasteiger partial charge in [-0.05, 0) is 30.7 Å². The molecule has 1 aromatic heterocycles. The lowest BCUT2D eigenvalue weighted by atomic mass is 10.0. The van der Waals surface area contributed by atoms with Gasteiger partial charge in [-0.1, -0.05) is 12.1 Å². The predicted octanol–water partition coefficient (Wildman–Crippen LogP) is 2.35. The van der Waals surface area contributed by atoms with Gasteiger partial charge < -0.3 is 15.3 Å². The summed E-state index contributed by atoms with van der Waals surface area (Å²) in [6, 6.07) is 9.74. The van der Waals surface area contributed by atoms with Gasteiger partial charge in [0.2, 0.25) is 0 Å². The molecule has 0 aliphatic heterocycles. The van der Waals surface area contributed by atoms with E-state index in [4.69, 9.17) is 20.5 Å². The summed E-state index contributed by atoms with van der Waals surface area (Å²) in [5.74, 6) is -1.14. The number of nitriles is 1. The minimum atomic E-state index is -1.02. The molecule has 0 aliphatic carbocycles. The first kappa shape index (κ1) is 15.1. The number of nitrogens with two attached hydrogens (primary N) is 1. The highest BCUT2D eigenvalue weighted by molar-refractivity contribution is 6.00. The average molecular weight is 296 g/mol. The summed E-state index contributed by atoms with van der Waals surface area (Å²) >= 11 is 0. The average Bonchev–Trinajstić information content (AvgIpc) is 2.92. The molecule has 0 bridgehead atoms. The van der Waals surface area contributed by atoms with Crippen molar-refractivity contribution in [2.75, 3.05) is 0 Å². The van der Waals surface area contributed by atoms with E-state index in [0.29, 0.717) is 16.9 Å². The molecule has 6 heteroatoms. The van der Waals surface area contributed by atoms with Gasteiger partial charge in [0.25, 0.3) is 5.91 Å². The topological polar surface area (TPSA) is 117 Å². The fourth-order valence-corrected chi connectivity index (χ4v) is 2.01. The Balaban J connectivity index is 2.46. The second kappa shape index (κ2) is 5.97. The Morgan fingerprint density at radius 2 is 2.05 bits per heavy atom. The summed E-state index contributed by atoms with van der Waals surface area (Å²) in [4.78, 5) is 22.2. The lowest BCUT2D eigenvalue weighted by molar-refractivity contribution is -0.114. The minimum absolute atomic E-state index is 0.181. The van der Waals surface area contributed by atoms with Crippen molar-refractivity contribution in [1.29, 1.82) is 5.26 Å². The zero-order valence-electron chi connectivity index (χ0n) is 11.7. The van der Waals surface area contributed by atoms with E-state index in [9.17, 15) is 9.59 Å². The molecule has 0 saturated heterocycles. The van der Waals surface area contributed by atoms with E-state index in [2.05, 4.69) is 0 Å². The Bertz CT molecular complexity index is 825. The number of hydrogen-bond donors (Lipinski definition) is 2. The number of carbonyl (C=O) groups excluding carboxylic acids is 1. The first-order valence-electron chi connectivity index (χ1n) is 6.28. The zero-order chi connectivity index (χ0) is 16.3. The largest absolute Gasteiger partial charge is 0.478 e. The summed E-state index contributed by atoms with van der Waals surface area (Å²) in [5.41, 5.74) is 6.20. The molecule has 6 nitrogen and oxygen atoms in total. The third-order valence-corrected chi connectivity index (χ3v) is 3.13. The van der Waals surface area contributed by atoms with Crippen LogP contribution in [0.4, 0.5) is 0 Å². The van der Waals surface area contributed by atoms with Gasteiger partial charge in [-0.15, -0.1) is 0 Å². The molecule has 2 rings (SSSR count). The number of rotatable bonds is 4. The molecule has 2 aromatic rings. The first-order chi connectivity index (χ1) is 10.4. The second-order valence-electron chi connectivity index (χ2n) is 4.52. The first-order valence-corrected chi connectivity index (χ1v) is 6.28. The summed E-state index contributed by atoms with van der Waals surface area (Å²) in [6.45, 7) is 1.68. The van der Waals surface area contributed by atoms with E-state index in [-0.39, 0.29) is 16.9 Å². The third-order valence-electron chi connectivity index (χ3n) is 3.13. The van der Waals surface area contributed by atoms with Gasteiger partial charge >= 0.3 is 5.97 Å². The van der Waals surface area contributed by atoms with Crippen molar-refractivity contribution in [2.24, 2.45) is 5.73 Å². The van der Waals surface area contributed by atoms with Crippen molar-refractivity contribution in [1.82, 2.24) is 0 Å². The Morgan fingerprint density at radius 1 is 1.32 bits per heavy atom. The van der Waals surface area contributed by atoms with Crippen LogP contribution in [0.5, 0.6) is 0 Å². The van der Waals surface area contributed by atoms with Gasteiger partial charge in [-0.25, -0.2) is 4.79 Å². The van der Waals surface area contributed by atoms with Gasteiger partial charge in [-0.3, -0.25) is 4.79 Å². The standard InChI is InChI=1S/C16H12N2O4/c1-9-12(3-2-4-13(9)16(20)21)14-6-5-11(22-14)7-10(8-17)15(18)19/h2-7H,1H3,(H2,18,19)(H,20,21). The quantitative estimate of drug-likeness (QED) is 0.663. The van der Waals surface area contributed by atoms with E-state index in [1.165, 1.54) is 12.1 Å². The number of carboxylic acids is 1. The van der Waals surface area contributed by atoms with Crippen molar-refractivity contribution in [3.8, 4) is 17.4 Å². The van der Waals surface area contributed by atoms with Gasteiger partial charge in [0, 0.05) is 11.6 Å². The third kappa shape index (κ3) is 2.88. The number of benzene rings is 1. The molecule has 0 aliphatic rings. The van der Waals surface area contributed by atoms with Gasteiger partial charge in [0.05, 0.1) is 5.56 Å². The summed E-state index contributed by atoms with van der Waals surface area (Å²) in [5, 5.41) is 17.9. The Hall–Kier alpha value is -3.33. The maximum Gasteiger partial charge on any atom is 0.335 e. The van der Waals surface area contributed by atoms with Crippen LogP contribution in [0.3, 0.4) is 0 Å². The molecular weight excluding hydrogens is 284 g/mol. The van der Waals surface area contributed by atoms with Gasteiger partial charge in [0.1, 0.15) is 23.2 Å². The van der Waals surface area contributed by atoms with Gasteiger partial charge in [0.15, 0.2) is 0 Å².